The second-order valence-corrected chi connectivity index (χ2v) is 7.83. The van der Waals surface area contributed by atoms with E-state index in [9.17, 15) is 0 Å². The van der Waals surface area contributed by atoms with Gasteiger partial charge in [-0.2, -0.15) is 0 Å². The Hall–Kier alpha value is -1.80. The summed E-state index contributed by atoms with van der Waals surface area (Å²) in [6.07, 6.45) is 1.15. The first-order valence-corrected chi connectivity index (χ1v) is 10.6. The first-order valence-electron chi connectivity index (χ1n) is 10.6. The Balaban J connectivity index is 0.00000320. The van der Waals surface area contributed by atoms with Gasteiger partial charge in [0.05, 0.1) is 19.8 Å². The molecule has 164 valence electrons. The second kappa shape index (κ2) is 12.8. The molecule has 1 aliphatic heterocycles. The van der Waals surface area contributed by atoms with E-state index in [1.165, 1.54) is 16.8 Å². The van der Waals surface area contributed by atoms with Gasteiger partial charge in [0.2, 0.25) is 0 Å². The minimum absolute atomic E-state index is 0. The van der Waals surface area contributed by atoms with Gasteiger partial charge in [0, 0.05) is 45.3 Å². The molecule has 1 saturated heterocycles. The number of halogens is 1. The minimum atomic E-state index is 0. The zero-order chi connectivity index (χ0) is 20.5. The van der Waals surface area contributed by atoms with Gasteiger partial charge in [-0.3, -0.25) is 0 Å². The molecule has 1 N–H and O–H groups in total. The molecular weight excluding hydrogens is 487 g/mol. The lowest BCUT2D eigenvalue weighted by Crippen LogP contribution is -2.40. The molecule has 3 rings (SSSR count). The Morgan fingerprint density at radius 3 is 2.50 bits per heavy atom. The van der Waals surface area contributed by atoms with Crippen LogP contribution in [0, 0.1) is 5.92 Å². The first-order chi connectivity index (χ1) is 14.2. The zero-order valence-electron chi connectivity index (χ0n) is 18.4. The van der Waals surface area contributed by atoms with Crippen LogP contribution in [0.4, 0.5) is 5.69 Å². The average Bonchev–Trinajstić information content (AvgIpc) is 3.21. The minimum Gasteiger partial charge on any atom is -0.378 e. The highest BCUT2D eigenvalue weighted by atomic mass is 127. The number of aliphatic imine (C=N–C) groups is 1. The fraction of sp³-hybridized carbons (Fsp3) is 0.458. The van der Waals surface area contributed by atoms with E-state index in [4.69, 9.17) is 9.73 Å². The molecule has 0 bridgehead atoms. The summed E-state index contributed by atoms with van der Waals surface area (Å²) in [7, 11) is 4.12. The molecule has 1 fully saturated rings. The Kier molecular flexibility index (Phi) is 10.4. The smallest absolute Gasteiger partial charge is 0.194 e. The predicted molar refractivity (Wildman–Crippen MR) is 137 cm³/mol. The highest BCUT2D eigenvalue weighted by Crippen LogP contribution is 2.18. The number of rotatable bonds is 8. The summed E-state index contributed by atoms with van der Waals surface area (Å²) in [5.41, 5.74) is 3.67. The highest BCUT2D eigenvalue weighted by Gasteiger charge is 2.25. The average molecular weight is 522 g/mol. The molecule has 2 aromatic carbocycles. The van der Waals surface area contributed by atoms with Gasteiger partial charge in [0.1, 0.15) is 0 Å². The Morgan fingerprint density at radius 2 is 1.83 bits per heavy atom. The number of anilines is 1. The molecule has 6 heteroatoms. The van der Waals surface area contributed by atoms with E-state index >= 15 is 0 Å². The van der Waals surface area contributed by atoms with Crippen LogP contribution in [0.1, 0.15) is 24.5 Å². The van der Waals surface area contributed by atoms with Crippen molar-refractivity contribution in [1.82, 2.24) is 10.2 Å². The molecule has 1 unspecified atom stereocenters. The number of guanidine groups is 1. The van der Waals surface area contributed by atoms with E-state index in [-0.39, 0.29) is 24.0 Å². The van der Waals surface area contributed by atoms with Crippen molar-refractivity contribution in [2.75, 3.05) is 45.2 Å². The van der Waals surface area contributed by atoms with Crippen LogP contribution in [0.3, 0.4) is 0 Å². The Labute approximate surface area is 198 Å². The van der Waals surface area contributed by atoms with Crippen LogP contribution in [0.15, 0.2) is 59.6 Å². The van der Waals surface area contributed by atoms with E-state index in [1.807, 2.05) is 6.07 Å². The molecule has 0 radical (unpaired) electrons. The lowest BCUT2D eigenvalue weighted by atomic mass is 10.1. The van der Waals surface area contributed by atoms with E-state index < -0.39 is 0 Å². The van der Waals surface area contributed by atoms with E-state index in [0.717, 1.165) is 38.6 Å². The number of nitrogens with one attached hydrogen (secondary N) is 1. The maximum Gasteiger partial charge on any atom is 0.194 e. The molecule has 1 heterocycles. The van der Waals surface area contributed by atoms with E-state index in [1.54, 1.807) is 0 Å². The van der Waals surface area contributed by atoms with Gasteiger partial charge < -0.3 is 19.9 Å². The van der Waals surface area contributed by atoms with Gasteiger partial charge in [0.15, 0.2) is 5.96 Å². The van der Waals surface area contributed by atoms with Gasteiger partial charge >= 0.3 is 0 Å². The van der Waals surface area contributed by atoms with Gasteiger partial charge in [-0.25, -0.2) is 4.99 Å². The Morgan fingerprint density at radius 1 is 1.10 bits per heavy atom. The normalized spacial score (nSPS) is 16.3. The number of likely N-dealkylation sites (tertiary alicyclic amines) is 1. The molecular formula is C24H35IN4O. The third-order valence-corrected chi connectivity index (χ3v) is 5.25. The van der Waals surface area contributed by atoms with Crippen molar-refractivity contribution in [3.05, 3.63) is 65.7 Å². The summed E-state index contributed by atoms with van der Waals surface area (Å²) in [5.74, 6) is 1.57. The molecule has 30 heavy (non-hydrogen) atoms. The lowest BCUT2D eigenvalue weighted by molar-refractivity contribution is 0.0906. The van der Waals surface area contributed by atoms with Gasteiger partial charge in [-0.15, -0.1) is 24.0 Å². The lowest BCUT2D eigenvalue weighted by Gasteiger charge is -2.22. The maximum absolute atomic E-state index is 5.96. The van der Waals surface area contributed by atoms with Crippen LogP contribution in [0.2, 0.25) is 0 Å². The first kappa shape index (κ1) is 24.5. The monoisotopic (exact) mass is 522 g/mol. The summed E-state index contributed by atoms with van der Waals surface area (Å²) in [6, 6.07) is 19.0. The molecule has 0 aliphatic carbocycles. The van der Waals surface area contributed by atoms with Crippen LogP contribution >= 0.6 is 24.0 Å². The van der Waals surface area contributed by atoms with Crippen LogP contribution in [0.5, 0.6) is 0 Å². The second-order valence-electron chi connectivity index (χ2n) is 7.83. The van der Waals surface area contributed by atoms with Crippen molar-refractivity contribution in [1.29, 1.82) is 0 Å². The van der Waals surface area contributed by atoms with Crippen LogP contribution in [0.25, 0.3) is 0 Å². The number of hydrogen-bond donors (Lipinski definition) is 1. The van der Waals surface area contributed by atoms with Crippen molar-refractivity contribution in [2.45, 2.75) is 26.5 Å². The molecule has 0 saturated carbocycles. The molecule has 1 aliphatic rings. The van der Waals surface area contributed by atoms with Gasteiger partial charge in [0.25, 0.3) is 0 Å². The third kappa shape index (κ3) is 7.47. The Bertz CT molecular complexity index is 765. The molecule has 5 nitrogen and oxygen atoms in total. The van der Waals surface area contributed by atoms with Crippen molar-refractivity contribution >= 4 is 35.6 Å². The summed E-state index contributed by atoms with van der Waals surface area (Å²) in [5, 5.41) is 3.45. The quantitative estimate of drug-likeness (QED) is 0.318. The third-order valence-electron chi connectivity index (χ3n) is 5.25. The van der Waals surface area contributed by atoms with Gasteiger partial charge in [-0.05, 0) is 36.6 Å². The standard InChI is InChI=1S/C24H34N4O.HI/c1-4-25-24(26-16-20-10-12-23(13-11-20)27(2)3)28-15-14-22(17-28)19-29-18-21-8-6-5-7-9-21;/h5-13,22H,4,14-19H2,1-3H3,(H,25,26);1H. The SMILES string of the molecule is CCNC(=NCc1ccc(N(C)C)cc1)N1CCC(COCc2ccccc2)C1.I. The van der Waals surface area contributed by atoms with Crippen molar-refractivity contribution < 1.29 is 4.74 Å². The fourth-order valence-electron chi connectivity index (χ4n) is 3.57. The summed E-state index contributed by atoms with van der Waals surface area (Å²) < 4.78 is 5.96. The number of benzene rings is 2. The zero-order valence-corrected chi connectivity index (χ0v) is 20.7. The molecule has 2 aromatic rings. The molecule has 0 amide bonds. The van der Waals surface area contributed by atoms with Crippen molar-refractivity contribution in [3.8, 4) is 0 Å². The van der Waals surface area contributed by atoms with Crippen LogP contribution in [-0.2, 0) is 17.9 Å². The summed E-state index contributed by atoms with van der Waals surface area (Å²) >= 11 is 0. The number of nitrogens with zero attached hydrogens (tertiary/aromatic N) is 3. The number of hydrogen-bond acceptors (Lipinski definition) is 3. The summed E-state index contributed by atoms with van der Waals surface area (Å²) in [4.78, 5) is 9.36. The highest BCUT2D eigenvalue weighted by molar-refractivity contribution is 14.0. The maximum atomic E-state index is 5.96. The number of ether oxygens (including phenoxy) is 1. The van der Waals surface area contributed by atoms with Crippen molar-refractivity contribution in [2.24, 2.45) is 10.9 Å². The van der Waals surface area contributed by atoms with Crippen molar-refractivity contribution in [3.63, 3.8) is 0 Å². The topological polar surface area (TPSA) is 40.1 Å². The molecule has 0 spiro atoms. The van der Waals surface area contributed by atoms with E-state index in [2.05, 4.69) is 84.7 Å². The largest absolute Gasteiger partial charge is 0.378 e. The van der Waals surface area contributed by atoms with Crippen LogP contribution in [-0.4, -0.2) is 51.2 Å². The molecule has 1 atom stereocenters. The fourth-order valence-corrected chi connectivity index (χ4v) is 3.57. The molecule has 0 aromatic heterocycles. The van der Waals surface area contributed by atoms with Gasteiger partial charge in [-0.1, -0.05) is 42.5 Å². The predicted octanol–water partition coefficient (Wildman–Crippen LogP) is 4.37. The van der Waals surface area contributed by atoms with Crippen LogP contribution < -0.4 is 10.2 Å². The summed E-state index contributed by atoms with van der Waals surface area (Å²) in [6.45, 7) is 7.22. The van der Waals surface area contributed by atoms with E-state index in [0.29, 0.717) is 19.1 Å².